The molecule has 1 N–H and O–H groups in total. The highest BCUT2D eigenvalue weighted by Crippen LogP contribution is 2.51. The van der Waals surface area contributed by atoms with E-state index in [-0.39, 0.29) is 24.6 Å². The molecule has 0 aromatic rings. The van der Waals surface area contributed by atoms with Crippen LogP contribution in [-0.2, 0) is 9.53 Å². The zero-order valence-electron chi connectivity index (χ0n) is 17.7. The summed E-state index contributed by atoms with van der Waals surface area (Å²) in [5, 5.41) is 8.94. The molecule has 0 aromatic carbocycles. The number of aliphatic hydroxyl groups is 1. The number of hydrogen-bond donors (Lipinski definition) is 1. The van der Waals surface area contributed by atoms with Crippen molar-refractivity contribution in [1.29, 1.82) is 0 Å². The number of aliphatic hydroxyl groups excluding tert-OH is 1. The normalized spacial score (nSPS) is 22.6. The molecule has 1 atom stereocenters. The highest BCUT2D eigenvalue weighted by Gasteiger charge is 2.49. The summed E-state index contributed by atoms with van der Waals surface area (Å²) in [4.78, 5) is 12.6. The fourth-order valence-electron chi connectivity index (χ4n) is 3.42. The Bertz CT molecular complexity index is 562. The van der Waals surface area contributed by atoms with Crippen LogP contribution >= 0.6 is 0 Å². The van der Waals surface area contributed by atoms with Gasteiger partial charge in [-0.3, -0.25) is 4.79 Å². The first-order valence-electron chi connectivity index (χ1n) is 9.87. The molecule has 1 rings (SSSR count). The predicted molar refractivity (Wildman–Crippen MR) is 109 cm³/mol. The maximum Gasteiger partial charge on any atom is 0.312 e. The molecule has 0 aliphatic heterocycles. The van der Waals surface area contributed by atoms with Crippen LogP contribution in [0.1, 0.15) is 80.1 Å². The number of ether oxygens (including phenoxy) is 1. The van der Waals surface area contributed by atoms with Gasteiger partial charge in [-0.25, -0.2) is 0 Å². The SMILES string of the molecule is CC(C)=CCCC(C)=CCCC1=CCC(C)(C)[C@](C)(C(=O)OCCO)C1. The van der Waals surface area contributed by atoms with E-state index in [1.807, 2.05) is 6.92 Å². The second kappa shape index (κ2) is 10.1. The van der Waals surface area contributed by atoms with Crippen LogP contribution in [0.5, 0.6) is 0 Å². The second-order valence-electron chi connectivity index (χ2n) is 8.73. The Hall–Kier alpha value is -1.35. The van der Waals surface area contributed by atoms with Gasteiger partial charge in [0, 0.05) is 0 Å². The van der Waals surface area contributed by atoms with Gasteiger partial charge in [0.25, 0.3) is 0 Å². The number of carbonyl (C=O) groups excluding carboxylic acids is 1. The summed E-state index contributed by atoms with van der Waals surface area (Å²) in [7, 11) is 0. The van der Waals surface area contributed by atoms with E-state index in [1.54, 1.807) is 0 Å². The smallest absolute Gasteiger partial charge is 0.312 e. The molecule has 0 fully saturated rings. The van der Waals surface area contributed by atoms with Crippen molar-refractivity contribution < 1.29 is 14.6 Å². The fraction of sp³-hybridized carbons (Fsp3) is 0.696. The number of carbonyl (C=O) groups is 1. The molecule has 1 aliphatic carbocycles. The Morgan fingerprint density at radius 2 is 1.88 bits per heavy atom. The van der Waals surface area contributed by atoms with E-state index >= 15 is 0 Å². The van der Waals surface area contributed by atoms with Crippen LogP contribution in [0.2, 0.25) is 0 Å². The predicted octanol–water partition coefficient (Wildman–Crippen LogP) is 5.75. The first-order chi connectivity index (χ1) is 12.1. The van der Waals surface area contributed by atoms with Crippen molar-refractivity contribution in [2.45, 2.75) is 80.1 Å². The van der Waals surface area contributed by atoms with Crippen molar-refractivity contribution in [2.24, 2.45) is 10.8 Å². The monoisotopic (exact) mass is 362 g/mol. The van der Waals surface area contributed by atoms with Crippen molar-refractivity contribution in [3.8, 4) is 0 Å². The Morgan fingerprint density at radius 3 is 2.50 bits per heavy atom. The molecular weight excluding hydrogens is 324 g/mol. The maximum atomic E-state index is 12.6. The zero-order valence-corrected chi connectivity index (χ0v) is 17.7. The Labute approximate surface area is 160 Å². The summed E-state index contributed by atoms with van der Waals surface area (Å²) in [6.07, 6.45) is 12.8. The van der Waals surface area contributed by atoms with Gasteiger partial charge in [-0.1, -0.05) is 48.8 Å². The van der Waals surface area contributed by atoms with Gasteiger partial charge in [-0.05, 0) is 71.6 Å². The Balaban J connectivity index is 2.65. The summed E-state index contributed by atoms with van der Waals surface area (Å²) < 4.78 is 5.29. The van der Waals surface area contributed by atoms with E-state index < -0.39 is 5.41 Å². The van der Waals surface area contributed by atoms with E-state index in [0.717, 1.165) is 38.5 Å². The van der Waals surface area contributed by atoms with Gasteiger partial charge in [-0.2, -0.15) is 0 Å². The van der Waals surface area contributed by atoms with Crippen LogP contribution in [-0.4, -0.2) is 24.3 Å². The molecule has 0 heterocycles. The molecule has 3 heteroatoms. The van der Waals surface area contributed by atoms with Crippen LogP contribution in [0.25, 0.3) is 0 Å². The average Bonchev–Trinajstić information content (AvgIpc) is 2.55. The summed E-state index contributed by atoms with van der Waals surface area (Å²) in [5.41, 5.74) is 3.48. The first-order valence-corrected chi connectivity index (χ1v) is 9.87. The van der Waals surface area contributed by atoms with Gasteiger partial charge < -0.3 is 9.84 Å². The largest absolute Gasteiger partial charge is 0.463 e. The van der Waals surface area contributed by atoms with Gasteiger partial charge in [0.05, 0.1) is 12.0 Å². The fourth-order valence-corrected chi connectivity index (χ4v) is 3.42. The molecule has 0 saturated heterocycles. The molecule has 148 valence electrons. The number of esters is 1. The lowest BCUT2D eigenvalue weighted by molar-refractivity contribution is -0.164. The zero-order chi connectivity index (χ0) is 19.8. The summed E-state index contributed by atoms with van der Waals surface area (Å²) in [6, 6.07) is 0. The van der Waals surface area contributed by atoms with Crippen molar-refractivity contribution in [3.05, 3.63) is 34.9 Å². The molecular formula is C23H38O3. The molecule has 0 amide bonds. The molecule has 0 radical (unpaired) electrons. The van der Waals surface area contributed by atoms with Crippen molar-refractivity contribution >= 4 is 5.97 Å². The molecule has 1 aliphatic rings. The minimum absolute atomic E-state index is 0.0805. The molecule has 26 heavy (non-hydrogen) atoms. The molecule has 0 bridgehead atoms. The lowest BCUT2D eigenvalue weighted by Crippen LogP contribution is -2.45. The second-order valence-corrected chi connectivity index (χ2v) is 8.73. The minimum atomic E-state index is -0.533. The molecule has 3 nitrogen and oxygen atoms in total. The third kappa shape index (κ3) is 6.42. The topological polar surface area (TPSA) is 46.5 Å². The highest BCUT2D eigenvalue weighted by molar-refractivity contribution is 5.78. The lowest BCUT2D eigenvalue weighted by Gasteiger charge is -2.45. The molecule has 0 saturated carbocycles. The summed E-state index contributed by atoms with van der Waals surface area (Å²) >= 11 is 0. The quantitative estimate of drug-likeness (QED) is 0.420. The van der Waals surface area contributed by atoms with Gasteiger partial charge in [-0.15, -0.1) is 0 Å². The minimum Gasteiger partial charge on any atom is -0.463 e. The van der Waals surface area contributed by atoms with Crippen LogP contribution < -0.4 is 0 Å². The van der Waals surface area contributed by atoms with Crippen molar-refractivity contribution in [1.82, 2.24) is 0 Å². The van der Waals surface area contributed by atoms with Gasteiger partial charge >= 0.3 is 5.97 Å². The van der Waals surface area contributed by atoms with Crippen LogP contribution in [0.4, 0.5) is 0 Å². The van der Waals surface area contributed by atoms with Gasteiger partial charge in [0.2, 0.25) is 0 Å². The number of rotatable bonds is 9. The first kappa shape index (κ1) is 22.7. The van der Waals surface area contributed by atoms with E-state index in [1.165, 1.54) is 16.7 Å². The van der Waals surface area contributed by atoms with Gasteiger partial charge in [0.1, 0.15) is 6.61 Å². The van der Waals surface area contributed by atoms with E-state index in [9.17, 15) is 4.79 Å². The number of allylic oxidation sites excluding steroid dienone is 6. The molecule has 0 spiro atoms. The third-order valence-electron chi connectivity index (χ3n) is 5.80. The highest BCUT2D eigenvalue weighted by atomic mass is 16.5. The van der Waals surface area contributed by atoms with E-state index in [4.69, 9.17) is 9.84 Å². The third-order valence-corrected chi connectivity index (χ3v) is 5.80. The maximum absolute atomic E-state index is 12.6. The van der Waals surface area contributed by atoms with Crippen molar-refractivity contribution in [3.63, 3.8) is 0 Å². The lowest BCUT2D eigenvalue weighted by atomic mass is 9.59. The summed E-state index contributed by atoms with van der Waals surface area (Å²) in [6.45, 7) is 12.7. The standard InChI is InChI=1S/C23H38O3/c1-18(2)9-7-10-19(3)11-8-12-20-13-14-22(4,5)23(6,17-20)21(25)26-16-15-24/h9,11,13,24H,7-8,10,12,14-17H2,1-6H3/t23-/m0/s1. The Morgan fingerprint density at radius 1 is 1.19 bits per heavy atom. The number of hydrogen-bond acceptors (Lipinski definition) is 3. The Kier molecular flexibility index (Phi) is 8.82. The van der Waals surface area contributed by atoms with Crippen LogP contribution in [0.15, 0.2) is 34.9 Å². The van der Waals surface area contributed by atoms with E-state index in [2.05, 4.69) is 52.8 Å². The molecule has 0 aromatic heterocycles. The van der Waals surface area contributed by atoms with Crippen molar-refractivity contribution in [2.75, 3.05) is 13.2 Å². The van der Waals surface area contributed by atoms with E-state index in [0.29, 0.717) is 0 Å². The van der Waals surface area contributed by atoms with Crippen LogP contribution in [0, 0.1) is 10.8 Å². The van der Waals surface area contributed by atoms with Crippen LogP contribution in [0.3, 0.4) is 0 Å². The molecule has 0 unspecified atom stereocenters. The summed E-state index contributed by atoms with van der Waals surface area (Å²) in [5.74, 6) is -0.185. The average molecular weight is 363 g/mol. The van der Waals surface area contributed by atoms with Gasteiger partial charge in [0.15, 0.2) is 0 Å².